The van der Waals surface area contributed by atoms with Gasteiger partial charge in [0.05, 0.1) is 10.9 Å². The van der Waals surface area contributed by atoms with Crippen LogP contribution in [0.15, 0.2) is 12.1 Å². The first-order chi connectivity index (χ1) is 12.6. The van der Waals surface area contributed by atoms with E-state index in [1.54, 1.807) is 26.1 Å². The van der Waals surface area contributed by atoms with E-state index < -0.39 is 24.5 Å². The number of aryl methyl sites for hydroxylation is 2. The fourth-order valence-electron chi connectivity index (χ4n) is 3.07. The number of carbonyl (C=O) groups is 2. The summed E-state index contributed by atoms with van der Waals surface area (Å²) >= 11 is 1.16. The monoisotopic (exact) mass is 401 g/mol. The molecule has 1 aliphatic heterocycles. The van der Waals surface area contributed by atoms with Crippen LogP contribution in [0.3, 0.4) is 0 Å². The third-order valence-corrected chi connectivity index (χ3v) is 5.38. The van der Waals surface area contributed by atoms with Crippen molar-refractivity contribution in [2.45, 2.75) is 38.4 Å². The summed E-state index contributed by atoms with van der Waals surface area (Å²) in [5.41, 5.74) is 0. The number of carbonyl (C=O) groups excluding carboxylic acids is 2. The zero-order valence-electron chi connectivity index (χ0n) is 14.7. The summed E-state index contributed by atoms with van der Waals surface area (Å²) in [6.45, 7) is 1.99. The highest BCUT2D eigenvalue weighted by atomic mass is 32.1. The van der Waals surface area contributed by atoms with Gasteiger partial charge in [-0.15, -0.1) is 11.3 Å². The van der Waals surface area contributed by atoms with Gasteiger partial charge in [0.25, 0.3) is 5.91 Å². The fourth-order valence-corrected chi connectivity index (χ4v) is 4.12. The topological polar surface area (TPSA) is 80.1 Å². The first kappa shape index (κ1) is 19.3. The van der Waals surface area contributed by atoms with E-state index in [4.69, 9.17) is 0 Å². The predicted octanol–water partition coefficient (Wildman–Crippen LogP) is 3.05. The van der Waals surface area contributed by atoms with Gasteiger partial charge < -0.3 is 4.90 Å². The molecule has 11 heteroatoms. The Labute approximate surface area is 157 Å². The smallest absolute Gasteiger partial charge is 0.335 e. The number of thiophene rings is 1. The molecule has 0 aromatic carbocycles. The highest BCUT2D eigenvalue weighted by Gasteiger charge is 2.38. The van der Waals surface area contributed by atoms with Crippen molar-refractivity contribution in [2.75, 3.05) is 11.9 Å². The van der Waals surface area contributed by atoms with Gasteiger partial charge in [-0.25, -0.2) is 4.68 Å². The Morgan fingerprint density at radius 3 is 2.74 bits per heavy atom. The molecule has 3 rings (SSSR count). The molecule has 1 N–H and O–H groups in total. The predicted molar refractivity (Wildman–Crippen MR) is 92.4 cm³/mol. The van der Waals surface area contributed by atoms with Crippen molar-refractivity contribution in [1.29, 1.82) is 0 Å². The third kappa shape index (κ3) is 4.46. The maximum atomic E-state index is 12.5. The van der Waals surface area contributed by atoms with Gasteiger partial charge >= 0.3 is 6.18 Å². The number of nitrogens with zero attached hydrogens (tertiary/aromatic N) is 4. The number of halogens is 3. The average molecular weight is 401 g/mol. The van der Waals surface area contributed by atoms with Gasteiger partial charge in [0.15, 0.2) is 0 Å². The van der Waals surface area contributed by atoms with Crippen molar-refractivity contribution >= 4 is 29.1 Å². The number of hydrogen-bond acceptors (Lipinski definition) is 5. The summed E-state index contributed by atoms with van der Waals surface area (Å²) in [5, 5.41) is 6.69. The molecule has 1 saturated heterocycles. The lowest BCUT2D eigenvalue weighted by Crippen LogP contribution is -2.33. The Bertz CT molecular complexity index is 861. The summed E-state index contributed by atoms with van der Waals surface area (Å²) in [4.78, 5) is 30.8. The summed E-state index contributed by atoms with van der Waals surface area (Å²) < 4.78 is 39.0. The minimum absolute atomic E-state index is 0.289. The molecule has 3 heterocycles. The van der Waals surface area contributed by atoms with Crippen molar-refractivity contribution in [3.63, 3.8) is 0 Å². The zero-order chi connectivity index (χ0) is 19.8. The lowest BCUT2D eigenvalue weighted by Gasteiger charge is -2.24. The molecule has 1 atom stereocenters. The Kier molecular flexibility index (Phi) is 5.22. The van der Waals surface area contributed by atoms with Gasteiger partial charge in [-0.3, -0.25) is 14.9 Å². The lowest BCUT2D eigenvalue weighted by molar-refractivity contribution is -0.162. The van der Waals surface area contributed by atoms with Crippen LogP contribution in [-0.2, 0) is 11.8 Å². The second-order valence-electron chi connectivity index (χ2n) is 6.30. The molecule has 1 fully saturated rings. The molecule has 27 heavy (non-hydrogen) atoms. The number of nitrogens with one attached hydrogen (secondary N) is 1. The van der Waals surface area contributed by atoms with Gasteiger partial charge in [0.2, 0.25) is 11.9 Å². The highest BCUT2D eigenvalue weighted by Crippen LogP contribution is 2.37. The van der Waals surface area contributed by atoms with Gasteiger partial charge in [-0.05, 0) is 31.9 Å². The number of likely N-dealkylation sites (tertiary alicyclic amines) is 1. The van der Waals surface area contributed by atoms with Crippen LogP contribution in [0.1, 0.15) is 45.7 Å². The number of anilines is 1. The number of amides is 2. The Morgan fingerprint density at radius 2 is 2.11 bits per heavy atom. The van der Waals surface area contributed by atoms with E-state index in [1.165, 1.54) is 9.58 Å². The number of alkyl halides is 3. The molecular formula is C16H18F3N5O2S. The largest absolute Gasteiger partial charge is 0.397 e. The van der Waals surface area contributed by atoms with Gasteiger partial charge in [0.1, 0.15) is 12.2 Å². The van der Waals surface area contributed by atoms with Crippen LogP contribution in [0.2, 0.25) is 0 Å². The van der Waals surface area contributed by atoms with E-state index in [0.717, 1.165) is 11.3 Å². The molecule has 7 nitrogen and oxygen atoms in total. The molecule has 0 bridgehead atoms. The maximum absolute atomic E-state index is 12.5. The van der Waals surface area contributed by atoms with Crippen LogP contribution in [0, 0.1) is 6.92 Å². The first-order valence-corrected chi connectivity index (χ1v) is 9.10. The minimum Gasteiger partial charge on any atom is -0.335 e. The first-order valence-electron chi connectivity index (χ1n) is 8.29. The molecule has 0 saturated carbocycles. The van der Waals surface area contributed by atoms with Crippen LogP contribution in [-0.4, -0.2) is 44.2 Å². The summed E-state index contributed by atoms with van der Waals surface area (Å²) in [6, 6.07) is 2.86. The maximum Gasteiger partial charge on any atom is 0.397 e. The van der Waals surface area contributed by atoms with E-state index in [2.05, 4.69) is 15.4 Å². The fraction of sp³-hybridized carbons (Fsp3) is 0.500. The molecule has 2 aromatic rings. The Hall–Kier alpha value is -2.43. The molecule has 1 unspecified atom stereocenters. The van der Waals surface area contributed by atoms with E-state index >= 15 is 0 Å². The van der Waals surface area contributed by atoms with E-state index in [1.807, 2.05) is 0 Å². The van der Waals surface area contributed by atoms with E-state index in [0.29, 0.717) is 34.4 Å². The summed E-state index contributed by atoms with van der Waals surface area (Å²) in [5.74, 6) is -0.494. The van der Waals surface area contributed by atoms with Crippen molar-refractivity contribution in [2.24, 2.45) is 7.05 Å². The molecule has 146 valence electrons. The van der Waals surface area contributed by atoms with Crippen molar-refractivity contribution in [1.82, 2.24) is 19.7 Å². The summed E-state index contributed by atoms with van der Waals surface area (Å²) in [6.07, 6.45) is -4.79. The normalized spacial score (nSPS) is 17.4. The molecule has 0 radical (unpaired) electrons. The molecule has 0 aliphatic carbocycles. The summed E-state index contributed by atoms with van der Waals surface area (Å²) in [7, 11) is 1.65. The molecule has 0 spiro atoms. The van der Waals surface area contributed by atoms with Crippen LogP contribution < -0.4 is 5.32 Å². The van der Waals surface area contributed by atoms with E-state index in [9.17, 15) is 22.8 Å². The molecule has 2 aromatic heterocycles. The van der Waals surface area contributed by atoms with E-state index in [-0.39, 0.29) is 12.5 Å². The SMILES string of the molecule is Cc1nc(NC(=O)c2ccc(C3CCCN3C(=O)CC(F)(F)F)s2)n(C)n1. The Balaban J connectivity index is 1.71. The number of aromatic nitrogens is 3. The molecule has 2 amide bonds. The molecular weight excluding hydrogens is 383 g/mol. The average Bonchev–Trinajstić information content (AvgIpc) is 3.25. The van der Waals surface area contributed by atoms with Gasteiger partial charge in [-0.1, -0.05) is 0 Å². The molecule has 1 aliphatic rings. The second kappa shape index (κ2) is 7.29. The van der Waals surface area contributed by atoms with Crippen LogP contribution in [0.5, 0.6) is 0 Å². The van der Waals surface area contributed by atoms with Crippen molar-refractivity contribution in [3.8, 4) is 0 Å². The minimum atomic E-state index is -4.53. The number of hydrogen-bond donors (Lipinski definition) is 1. The highest BCUT2D eigenvalue weighted by molar-refractivity contribution is 7.14. The van der Waals surface area contributed by atoms with Gasteiger partial charge in [0, 0.05) is 18.5 Å². The van der Waals surface area contributed by atoms with Crippen LogP contribution in [0.4, 0.5) is 19.1 Å². The quantitative estimate of drug-likeness (QED) is 0.854. The standard InChI is InChI=1S/C16H18F3N5O2S/c1-9-20-15(23(2)22-9)21-14(26)12-6-5-11(27-12)10-4-3-7-24(10)13(25)8-16(17,18)19/h5-6,10H,3-4,7-8H2,1-2H3,(H,20,21,22,26). The Morgan fingerprint density at radius 1 is 1.37 bits per heavy atom. The van der Waals surface area contributed by atoms with Crippen molar-refractivity contribution < 1.29 is 22.8 Å². The van der Waals surface area contributed by atoms with Crippen LogP contribution >= 0.6 is 11.3 Å². The lowest BCUT2D eigenvalue weighted by atomic mass is 10.2. The zero-order valence-corrected chi connectivity index (χ0v) is 15.5. The number of rotatable bonds is 4. The van der Waals surface area contributed by atoms with Crippen molar-refractivity contribution in [3.05, 3.63) is 27.7 Å². The van der Waals surface area contributed by atoms with Crippen LogP contribution in [0.25, 0.3) is 0 Å². The second-order valence-corrected chi connectivity index (χ2v) is 7.41. The van der Waals surface area contributed by atoms with Gasteiger partial charge in [-0.2, -0.15) is 23.3 Å². The third-order valence-electron chi connectivity index (χ3n) is 4.20.